The van der Waals surface area contributed by atoms with Crippen LogP contribution in [0.2, 0.25) is 0 Å². The van der Waals surface area contributed by atoms with E-state index in [2.05, 4.69) is 12.2 Å². The molecule has 0 saturated heterocycles. The molecule has 2 nitrogen and oxygen atoms in total. The van der Waals surface area contributed by atoms with E-state index in [1.165, 1.54) is 25.7 Å². The Morgan fingerprint density at radius 3 is 3.00 bits per heavy atom. The van der Waals surface area contributed by atoms with Gasteiger partial charge in [-0.2, -0.15) is 0 Å². The molecule has 0 aromatic carbocycles. The first kappa shape index (κ1) is 10.7. The van der Waals surface area contributed by atoms with E-state index in [0.29, 0.717) is 6.04 Å². The quantitative estimate of drug-likeness (QED) is 0.775. The van der Waals surface area contributed by atoms with Crippen molar-refractivity contribution in [1.82, 2.24) is 5.32 Å². The van der Waals surface area contributed by atoms with Gasteiger partial charge < -0.3 is 9.73 Å². The third-order valence-electron chi connectivity index (χ3n) is 3.36. The van der Waals surface area contributed by atoms with Crippen molar-refractivity contribution in [3.05, 3.63) is 24.2 Å². The fourth-order valence-electron chi connectivity index (χ4n) is 2.12. The van der Waals surface area contributed by atoms with Crippen LogP contribution in [-0.2, 0) is 6.42 Å². The Bertz CT molecular complexity index is 264. The molecule has 84 valence electrons. The highest BCUT2D eigenvalue weighted by atomic mass is 16.3. The molecule has 15 heavy (non-hydrogen) atoms. The van der Waals surface area contributed by atoms with Crippen molar-refractivity contribution in [2.75, 3.05) is 6.54 Å². The Morgan fingerprint density at radius 1 is 1.53 bits per heavy atom. The lowest BCUT2D eigenvalue weighted by Gasteiger charge is -2.25. The number of nitrogens with one attached hydrogen (secondary N) is 1. The van der Waals surface area contributed by atoms with Crippen LogP contribution in [0.15, 0.2) is 22.8 Å². The summed E-state index contributed by atoms with van der Waals surface area (Å²) in [6, 6.07) is 4.52. The van der Waals surface area contributed by atoms with Gasteiger partial charge in [0.05, 0.1) is 6.26 Å². The predicted molar refractivity (Wildman–Crippen MR) is 61.8 cm³/mol. The summed E-state index contributed by atoms with van der Waals surface area (Å²) in [5.74, 6) is 2.09. The molecule has 1 aliphatic carbocycles. The normalized spacial score (nSPS) is 18.7. The van der Waals surface area contributed by atoms with Gasteiger partial charge in [0.2, 0.25) is 0 Å². The van der Waals surface area contributed by atoms with Gasteiger partial charge in [0.15, 0.2) is 0 Å². The summed E-state index contributed by atoms with van der Waals surface area (Å²) in [5, 5.41) is 3.56. The predicted octanol–water partition coefficient (Wildman–Crippen LogP) is 2.99. The molecule has 1 aliphatic rings. The molecule has 1 heterocycles. The minimum absolute atomic E-state index is 0.524. The minimum Gasteiger partial charge on any atom is -0.469 e. The van der Waals surface area contributed by atoms with Gasteiger partial charge in [0.25, 0.3) is 0 Å². The molecular formula is C13H21NO. The topological polar surface area (TPSA) is 25.2 Å². The molecule has 1 unspecified atom stereocenters. The van der Waals surface area contributed by atoms with Gasteiger partial charge in [-0.25, -0.2) is 0 Å². The fraction of sp³-hybridized carbons (Fsp3) is 0.692. The van der Waals surface area contributed by atoms with Crippen molar-refractivity contribution in [2.45, 2.75) is 45.1 Å². The third kappa shape index (κ3) is 3.38. The van der Waals surface area contributed by atoms with Gasteiger partial charge in [-0.15, -0.1) is 0 Å². The fourth-order valence-corrected chi connectivity index (χ4v) is 2.12. The molecular weight excluding hydrogens is 186 g/mol. The standard InChI is InChI=1S/C13H21NO/c1-11(10-13-6-3-9-15-13)14-8-7-12-4-2-5-12/h3,6,9,11-12,14H,2,4-5,7-8,10H2,1H3. The van der Waals surface area contributed by atoms with Gasteiger partial charge in [0.1, 0.15) is 5.76 Å². The third-order valence-corrected chi connectivity index (χ3v) is 3.36. The van der Waals surface area contributed by atoms with Gasteiger partial charge in [-0.05, 0) is 37.9 Å². The maximum absolute atomic E-state index is 5.32. The zero-order valence-corrected chi connectivity index (χ0v) is 9.54. The zero-order valence-electron chi connectivity index (χ0n) is 9.54. The molecule has 1 saturated carbocycles. The Kier molecular flexibility index (Phi) is 3.84. The first-order valence-electron chi connectivity index (χ1n) is 6.10. The maximum atomic E-state index is 5.32. The van der Waals surface area contributed by atoms with Gasteiger partial charge in [0, 0.05) is 12.5 Å². The second-order valence-corrected chi connectivity index (χ2v) is 4.72. The van der Waals surface area contributed by atoms with Crippen LogP contribution in [-0.4, -0.2) is 12.6 Å². The van der Waals surface area contributed by atoms with Crippen LogP contribution < -0.4 is 5.32 Å². The SMILES string of the molecule is CC(Cc1ccco1)NCCC1CCC1. The molecule has 1 aromatic heterocycles. The average Bonchev–Trinajstić information content (AvgIpc) is 2.62. The number of hydrogen-bond donors (Lipinski definition) is 1. The van der Waals surface area contributed by atoms with E-state index >= 15 is 0 Å². The van der Waals surface area contributed by atoms with Crippen molar-refractivity contribution in [3.63, 3.8) is 0 Å². The molecule has 0 radical (unpaired) electrons. The van der Waals surface area contributed by atoms with E-state index in [9.17, 15) is 0 Å². The van der Waals surface area contributed by atoms with Crippen molar-refractivity contribution in [2.24, 2.45) is 5.92 Å². The first-order chi connectivity index (χ1) is 7.34. The zero-order chi connectivity index (χ0) is 10.5. The molecule has 2 rings (SSSR count). The molecule has 2 heteroatoms. The van der Waals surface area contributed by atoms with Crippen LogP contribution in [0, 0.1) is 5.92 Å². The highest BCUT2D eigenvalue weighted by Crippen LogP contribution is 2.28. The summed E-state index contributed by atoms with van der Waals surface area (Å²) >= 11 is 0. The minimum atomic E-state index is 0.524. The van der Waals surface area contributed by atoms with Crippen LogP contribution in [0.1, 0.15) is 38.4 Å². The number of furan rings is 1. The second-order valence-electron chi connectivity index (χ2n) is 4.72. The molecule has 1 fully saturated rings. The van der Waals surface area contributed by atoms with Gasteiger partial charge in [-0.1, -0.05) is 19.3 Å². The molecule has 1 N–H and O–H groups in total. The van der Waals surface area contributed by atoms with Crippen molar-refractivity contribution in [1.29, 1.82) is 0 Å². The largest absolute Gasteiger partial charge is 0.469 e. The lowest BCUT2D eigenvalue weighted by Crippen LogP contribution is -2.30. The Morgan fingerprint density at radius 2 is 2.40 bits per heavy atom. The summed E-state index contributed by atoms with van der Waals surface area (Å²) in [6.45, 7) is 3.38. The highest BCUT2D eigenvalue weighted by molar-refractivity contribution is 4.99. The van der Waals surface area contributed by atoms with Crippen LogP contribution in [0.3, 0.4) is 0 Å². The Labute approximate surface area is 92.1 Å². The van der Waals surface area contributed by atoms with Gasteiger partial charge >= 0.3 is 0 Å². The monoisotopic (exact) mass is 207 g/mol. The molecule has 0 aliphatic heterocycles. The van der Waals surface area contributed by atoms with E-state index < -0.39 is 0 Å². The van der Waals surface area contributed by atoms with E-state index in [4.69, 9.17) is 4.42 Å². The first-order valence-corrected chi connectivity index (χ1v) is 6.10. The molecule has 0 spiro atoms. The molecule has 0 amide bonds. The van der Waals surface area contributed by atoms with Crippen LogP contribution in [0.4, 0.5) is 0 Å². The Balaban J connectivity index is 1.57. The summed E-state index contributed by atoms with van der Waals surface area (Å²) in [5.41, 5.74) is 0. The van der Waals surface area contributed by atoms with E-state index in [-0.39, 0.29) is 0 Å². The average molecular weight is 207 g/mol. The van der Waals surface area contributed by atoms with Gasteiger partial charge in [-0.3, -0.25) is 0 Å². The van der Waals surface area contributed by atoms with Crippen molar-refractivity contribution < 1.29 is 4.42 Å². The number of rotatable bonds is 6. The van der Waals surface area contributed by atoms with Crippen LogP contribution in [0.25, 0.3) is 0 Å². The van der Waals surface area contributed by atoms with Crippen LogP contribution in [0.5, 0.6) is 0 Å². The molecule has 1 aromatic rings. The van der Waals surface area contributed by atoms with Crippen molar-refractivity contribution in [3.8, 4) is 0 Å². The highest BCUT2D eigenvalue weighted by Gasteiger charge is 2.16. The second kappa shape index (κ2) is 5.36. The summed E-state index contributed by atoms with van der Waals surface area (Å²) in [6.07, 6.45) is 8.45. The molecule has 0 bridgehead atoms. The Hall–Kier alpha value is -0.760. The molecule has 1 atom stereocenters. The summed E-state index contributed by atoms with van der Waals surface area (Å²) < 4.78 is 5.32. The lowest BCUT2D eigenvalue weighted by molar-refractivity contribution is 0.287. The maximum Gasteiger partial charge on any atom is 0.105 e. The van der Waals surface area contributed by atoms with Crippen LogP contribution >= 0.6 is 0 Å². The number of hydrogen-bond acceptors (Lipinski definition) is 2. The van der Waals surface area contributed by atoms with E-state index in [1.807, 2.05) is 12.1 Å². The lowest BCUT2D eigenvalue weighted by atomic mass is 9.83. The van der Waals surface area contributed by atoms with E-state index in [1.54, 1.807) is 6.26 Å². The van der Waals surface area contributed by atoms with Crippen molar-refractivity contribution >= 4 is 0 Å². The van der Waals surface area contributed by atoms with E-state index in [0.717, 1.165) is 24.6 Å². The smallest absolute Gasteiger partial charge is 0.105 e. The summed E-state index contributed by atoms with van der Waals surface area (Å²) in [7, 11) is 0. The summed E-state index contributed by atoms with van der Waals surface area (Å²) in [4.78, 5) is 0.